The fourth-order valence-electron chi connectivity index (χ4n) is 1.68. The second-order valence-corrected chi connectivity index (χ2v) is 4.80. The molecule has 1 heterocycles. The van der Waals surface area contributed by atoms with E-state index in [-0.39, 0.29) is 6.42 Å². The second-order valence-electron chi connectivity index (χ2n) is 3.59. The maximum atomic E-state index is 8.83. The predicted molar refractivity (Wildman–Crippen MR) is 74.0 cm³/mol. The van der Waals surface area contributed by atoms with Gasteiger partial charge in [0.05, 0.1) is 12.5 Å². The van der Waals surface area contributed by atoms with Gasteiger partial charge in [0, 0.05) is 27.4 Å². The molecule has 0 aliphatic heterocycles. The van der Waals surface area contributed by atoms with Gasteiger partial charge >= 0.3 is 0 Å². The molecule has 0 spiro atoms. The molecule has 5 heteroatoms. The second kappa shape index (κ2) is 5.58. The largest absolute Gasteiger partial charge is 0.244 e. The molecule has 0 amide bonds. The molecule has 2 aromatic rings. The highest BCUT2D eigenvalue weighted by Crippen LogP contribution is 2.36. The third-order valence-electron chi connectivity index (χ3n) is 2.46. The highest BCUT2D eigenvalue weighted by atomic mass is 35.5. The third-order valence-corrected chi connectivity index (χ3v) is 3.30. The molecule has 1 aromatic heterocycles. The summed E-state index contributed by atoms with van der Waals surface area (Å²) < 4.78 is 0. The standard InChI is InChI=1S/C13H7Cl3N2/c14-9-1-2-10(11(15)7-9)12-8(3-5-17)4-6-18-13(12)16/h1-2,4,6-7H,3H2. The van der Waals surface area contributed by atoms with Gasteiger partial charge in [-0.3, -0.25) is 0 Å². The first kappa shape index (κ1) is 13.2. The topological polar surface area (TPSA) is 36.7 Å². The van der Waals surface area contributed by atoms with Crippen LogP contribution < -0.4 is 0 Å². The summed E-state index contributed by atoms with van der Waals surface area (Å²) in [6, 6.07) is 8.99. The zero-order valence-corrected chi connectivity index (χ0v) is 11.4. The molecular weight excluding hydrogens is 291 g/mol. The van der Waals surface area contributed by atoms with E-state index in [1.54, 1.807) is 30.5 Å². The van der Waals surface area contributed by atoms with Crippen LogP contribution >= 0.6 is 34.8 Å². The zero-order chi connectivity index (χ0) is 13.1. The monoisotopic (exact) mass is 296 g/mol. The van der Waals surface area contributed by atoms with Crippen LogP contribution in [0.3, 0.4) is 0 Å². The van der Waals surface area contributed by atoms with E-state index in [4.69, 9.17) is 40.1 Å². The van der Waals surface area contributed by atoms with Crippen molar-refractivity contribution in [3.8, 4) is 17.2 Å². The summed E-state index contributed by atoms with van der Waals surface area (Å²) in [6.07, 6.45) is 1.82. The number of hydrogen-bond acceptors (Lipinski definition) is 2. The van der Waals surface area contributed by atoms with E-state index in [9.17, 15) is 0 Å². The van der Waals surface area contributed by atoms with Gasteiger partial charge in [0.1, 0.15) is 5.15 Å². The van der Waals surface area contributed by atoms with Gasteiger partial charge in [-0.1, -0.05) is 40.9 Å². The average Bonchev–Trinajstić information content (AvgIpc) is 2.31. The van der Waals surface area contributed by atoms with Crippen molar-refractivity contribution in [3.05, 3.63) is 51.2 Å². The Morgan fingerprint density at radius 3 is 2.61 bits per heavy atom. The van der Waals surface area contributed by atoms with Crippen molar-refractivity contribution in [2.45, 2.75) is 6.42 Å². The molecule has 0 radical (unpaired) electrons. The van der Waals surface area contributed by atoms with Crippen molar-refractivity contribution in [3.63, 3.8) is 0 Å². The molecule has 0 fully saturated rings. The van der Waals surface area contributed by atoms with E-state index in [1.807, 2.05) is 0 Å². The highest BCUT2D eigenvalue weighted by Gasteiger charge is 2.13. The first-order valence-electron chi connectivity index (χ1n) is 5.09. The van der Waals surface area contributed by atoms with Crippen LogP contribution in [0.2, 0.25) is 15.2 Å². The minimum atomic E-state index is 0.247. The Bertz CT molecular complexity index is 633. The molecule has 0 atom stereocenters. The van der Waals surface area contributed by atoms with E-state index >= 15 is 0 Å². The van der Waals surface area contributed by atoms with Crippen LogP contribution in [0.25, 0.3) is 11.1 Å². The van der Waals surface area contributed by atoms with Crippen LogP contribution in [-0.2, 0) is 6.42 Å². The van der Waals surface area contributed by atoms with Crippen molar-refractivity contribution >= 4 is 34.8 Å². The Morgan fingerprint density at radius 2 is 1.94 bits per heavy atom. The number of nitrogens with zero attached hydrogens (tertiary/aromatic N) is 2. The fourth-order valence-corrected chi connectivity index (χ4v) is 2.46. The van der Waals surface area contributed by atoms with Crippen molar-refractivity contribution in [2.75, 3.05) is 0 Å². The normalized spacial score (nSPS) is 10.1. The number of pyridine rings is 1. The van der Waals surface area contributed by atoms with Crippen molar-refractivity contribution < 1.29 is 0 Å². The number of nitriles is 1. The van der Waals surface area contributed by atoms with E-state index in [0.29, 0.717) is 20.8 Å². The summed E-state index contributed by atoms with van der Waals surface area (Å²) in [5.74, 6) is 0. The van der Waals surface area contributed by atoms with Crippen LogP contribution in [0.4, 0.5) is 0 Å². The van der Waals surface area contributed by atoms with Gasteiger partial charge in [-0.05, 0) is 23.8 Å². The molecule has 0 bridgehead atoms. The number of aromatic nitrogens is 1. The molecule has 0 saturated heterocycles. The minimum Gasteiger partial charge on any atom is -0.244 e. The Morgan fingerprint density at radius 1 is 1.17 bits per heavy atom. The third kappa shape index (κ3) is 2.59. The van der Waals surface area contributed by atoms with Gasteiger partial charge in [0.2, 0.25) is 0 Å². The molecule has 1 aromatic carbocycles. The lowest BCUT2D eigenvalue weighted by Crippen LogP contribution is -1.92. The first-order valence-corrected chi connectivity index (χ1v) is 6.22. The zero-order valence-electron chi connectivity index (χ0n) is 9.12. The summed E-state index contributed by atoms with van der Waals surface area (Å²) >= 11 is 18.1. The molecule has 18 heavy (non-hydrogen) atoms. The Kier molecular flexibility index (Phi) is 4.08. The van der Waals surface area contributed by atoms with Crippen LogP contribution in [0.15, 0.2) is 30.5 Å². The maximum Gasteiger partial charge on any atom is 0.137 e. The molecule has 90 valence electrons. The lowest BCUT2D eigenvalue weighted by atomic mass is 10.0. The number of rotatable bonds is 2. The van der Waals surface area contributed by atoms with Crippen LogP contribution in [0, 0.1) is 11.3 Å². The molecule has 2 rings (SSSR count). The van der Waals surface area contributed by atoms with Crippen LogP contribution in [0.5, 0.6) is 0 Å². The fraction of sp³-hybridized carbons (Fsp3) is 0.0769. The number of benzene rings is 1. The van der Waals surface area contributed by atoms with Crippen molar-refractivity contribution in [1.82, 2.24) is 4.98 Å². The molecule has 0 aliphatic rings. The van der Waals surface area contributed by atoms with Gasteiger partial charge in [-0.2, -0.15) is 5.26 Å². The molecule has 0 aliphatic carbocycles. The summed E-state index contributed by atoms with van der Waals surface area (Å²) in [5, 5.41) is 10.2. The SMILES string of the molecule is N#CCc1ccnc(Cl)c1-c1ccc(Cl)cc1Cl. The van der Waals surface area contributed by atoms with Gasteiger partial charge < -0.3 is 0 Å². The lowest BCUT2D eigenvalue weighted by Gasteiger charge is -2.10. The number of halogens is 3. The van der Waals surface area contributed by atoms with Gasteiger partial charge in [0.25, 0.3) is 0 Å². The Labute approximate surface area is 120 Å². The minimum absolute atomic E-state index is 0.247. The molecule has 0 N–H and O–H groups in total. The van der Waals surface area contributed by atoms with Gasteiger partial charge in [-0.15, -0.1) is 0 Å². The van der Waals surface area contributed by atoms with E-state index in [1.165, 1.54) is 0 Å². The summed E-state index contributed by atoms with van der Waals surface area (Å²) in [6.45, 7) is 0. The first-order chi connectivity index (χ1) is 8.63. The predicted octanol–water partition coefficient (Wildman–Crippen LogP) is 4.77. The van der Waals surface area contributed by atoms with Crippen LogP contribution in [0.1, 0.15) is 5.56 Å². The van der Waals surface area contributed by atoms with E-state index in [0.717, 1.165) is 11.1 Å². The van der Waals surface area contributed by atoms with Gasteiger partial charge in [-0.25, -0.2) is 4.98 Å². The Hall–Kier alpha value is -1.27. The maximum absolute atomic E-state index is 8.83. The number of hydrogen-bond donors (Lipinski definition) is 0. The summed E-state index contributed by atoms with van der Waals surface area (Å²) in [7, 11) is 0. The van der Waals surface area contributed by atoms with Crippen LogP contribution in [-0.4, -0.2) is 4.98 Å². The smallest absolute Gasteiger partial charge is 0.137 e. The Balaban J connectivity index is 2.66. The molecule has 0 unspecified atom stereocenters. The average molecular weight is 298 g/mol. The molecule has 2 nitrogen and oxygen atoms in total. The summed E-state index contributed by atoms with van der Waals surface area (Å²) in [4.78, 5) is 4.03. The highest BCUT2D eigenvalue weighted by molar-refractivity contribution is 6.38. The molecular formula is C13H7Cl3N2. The van der Waals surface area contributed by atoms with E-state index in [2.05, 4.69) is 11.1 Å². The van der Waals surface area contributed by atoms with E-state index < -0.39 is 0 Å². The van der Waals surface area contributed by atoms with Crippen molar-refractivity contribution in [2.24, 2.45) is 0 Å². The lowest BCUT2D eigenvalue weighted by molar-refractivity contribution is 1.21. The quantitative estimate of drug-likeness (QED) is 0.748. The molecule has 0 saturated carbocycles. The van der Waals surface area contributed by atoms with Crippen molar-refractivity contribution in [1.29, 1.82) is 5.26 Å². The van der Waals surface area contributed by atoms with Gasteiger partial charge in [0.15, 0.2) is 0 Å². The summed E-state index contributed by atoms with van der Waals surface area (Å²) in [5.41, 5.74) is 2.20.